The van der Waals surface area contributed by atoms with E-state index in [9.17, 15) is 9.59 Å². The Hall–Kier alpha value is -1.33. The number of carbonyl (C=O) groups is 2. The number of ether oxygens (including phenoxy) is 1. The van der Waals surface area contributed by atoms with Gasteiger partial charge >= 0.3 is 5.97 Å². The van der Waals surface area contributed by atoms with Crippen LogP contribution >= 0.6 is 11.8 Å². The van der Waals surface area contributed by atoms with Gasteiger partial charge in [-0.3, -0.25) is 14.9 Å². The fourth-order valence-electron chi connectivity index (χ4n) is 3.50. The van der Waals surface area contributed by atoms with E-state index >= 15 is 0 Å². The molecule has 5 heteroatoms. The van der Waals surface area contributed by atoms with Gasteiger partial charge < -0.3 is 4.74 Å². The molecule has 3 rings (SSSR count). The van der Waals surface area contributed by atoms with Gasteiger partial charge in [0.05, 0.1) is 11.9 Å². The summed E-state index contributed by atoms with van der Waals surface area (Å²) >= 11 is 1.53. The predicted molar refractivity (Wildman–Crippen MR) is 91.4 cm³/mol. The summed E-state index contributed by atoms with van der Waals surface area (Å²) in [4.78, 5) is 24.6. The molecule has 0 spiro atoms. The van der Waals surface area contributed by atoms with Crippen LogP contribution in [0.25, 0.3) is 0 Å². The van der Waals surface area contributed by atoms with Crippen LogP contribution in [0.1, 0.15) is 30.9 Å². The fourth-order valence-corrected chi connectivity index (χ4v) is 4.63. The summed E-state index contributed by atoms with van der Waals surface area (Å²) in [6, 6.07) is 8.01. The number of rotatable bonds is 5. The second-order valence-corrected chi connectivity index (χ2v) is 7.34. The number of nitrogens with one attached hydrogen (secondary N) is 1. The van der Waals surface area contributed by atoms with Crippen LogP contribution in [0.4, 0.5) is 0 Å². The molecule has 1 fully saturated rings. The lowest BCUT2D eigenvalue weighted by Gasteiger charge is -2.25. The molecule has 0 radical (unpaired) electrons. The summed E-state index contributed by atoms with van der Waals surface area (Å²) in [7, 11) is 0. The molecule has 1 aromatic rings. The van der Waals surface area contributed by atoms with E-state index in [0.29, 0.717) is 24.8 Å². The normalized spacial score (nSPS) is 26.6. The number of Topliss-reactive ketones (excluding diaryl/α,β-unsaturated/α-hetero) is 1. The minimum Gasteiger partial charge on any atom is -0.465 e. The van der Waals surface area contributed by atoms with Crippen LogP contribution in [0.3, 0.4) is 0 Å². The highest BCUT2D eigenvalue weighted by Gasteiger charge is 2.39. The predicted octanol–water partition coefficient (Wildman–Crippen LogP) is 2.34. The van der Waals surface area contributed by atoms with Crippen molar-refractivity contribution < 1.29 is 14.3 Å². The van der Waals surface area contributed by atoms with Crippen LogP contribution < -0.4 is 5.32 Å². The lowest BCUT2D eigenvalue weighted by atomic mass is 9.81. The van der Waals surface area contributed by atoms with Gasteiger partial charge in [0.25, 0.3) is 0 Å². The van der Waals surface area contributed by atoms with E-state index in [2.05, 4.69) is 29.6 Å². The molecule has 2 aliphatic rings. The van der Waals surface area contributed by atoms with Gasteiger partial charge in [0, 0.05) is 12.3 Å². The zero-order chi connectivity index (χ0) is 16.2. The Morgan fingerprint density at radius 1 is 1.30 bits per heavy atom. The summed E-state index contributed by atoms with van der Waals surface area (Å²) < 4.78 is 5.08. The van der Waals surface area contributed by atoms with Crippen molar-refractivity contribution in [2.45, 2.75) is 43.9 Å². The number of aryl methyl sites for hydroxylation is 1. The van der Waals surface area contributed by atoms with Gasteiger partial charge in [-0.05, 0) is 43.2 Å². The van der Waals surface area contributed by atoms with E-state index in [1.54, 1.807) is 6.92 Å². The van der Waals surface area contributed by atoms with Crippen molar-refractivity contribution in [1.29, 1.82) is 0 Å². The Kier molecular flexibility index (Phi) is 5.38. The second-order valence-electron chi connectivity index (χ2n) is 6.21. The highest BCUT2D eigenvalue weighted by Crippen LogP contribution is 2.31. The molecule has 0 amide bonds. The van der Waals surface area contributed by atoms with Crippen LogP contribution in [0.5, 0.6) is 0 Å². The molecule has 1 saturated heterocycles. The number of fused-ring (bicyclic) bond motifs is 1. The number of carbonyl (C=O) groups excluding carboxylic acids is 2. The summed E-state index contributed by atoms with van der Waals surface area (Å²) in [5, 5.41) is 2.79. The largest absolute Gasteiger partial charge is 0.465 e. The number of benzene rings is 1. The number of hydrogen-bond donors (Lipinski definition) is 1. The van der Waals surface area contributed by atoms with Crippen LogP contribution in [-0.2, 0) is 27.2 Å². The first-order valence-corrected chi connectivity index (χ1v) is 9.35. The third kappa shape index (κ3) is 3.78. The maximum atomic E-state index is 12.7. The van der Waals surface area contributed by atoms with E-state index in [-0.39, 0.29) is 17.0 Å². The van der Waals surface area contributed by atoms with E-state index in [1.165, 1.54) is 22.9 Å². The smallest absolute Gasteiger partial charge is 0.324 e. The van der Waals surface area contributed by atoms with Gasteiger partial charge in [-0.2, -0.15) is 0 Å². The molecule has 3 atom stereocenters. The average molecular weight is 333 g/mol. The third-order valence-electron chi connectivity index (χ3n) is 4.67. The number of esters is 1. The van der Waals surface area contributed by atoms with Gasteiger partial charge in [0.1, 0.15) is 11.8 Å². The topological polar surface area (TPSA) is 55.4 Å². The molecule has 1 aliphatic heterocycles. The summed E-state index contributed by atoms with van der Waals surface area (Å²) in [5.41, 5.74) is 2.79. The Balaban J connectivity index is 1.60. The molecule has 1 aliphatic carbocycles. The third-order valence-corrected chi connectivity index (χ3v) is 5.89. The molecule has 0 bridgehead atoms. The van der Waals surface area contributed by atoms with Crippen molar-refractivity contribution in [3.63, 3.8) is 0 Å². The number of thioether (sulfide) groups is 1. The molecule has 4 nitrogen and oxygen atoms in total. The van der Waals surface area contributed by atoms with Crippen LogP contribution in [0.15, 0.2) is 24.3 Å². The number of hydrogen-bond acceptors (Lipinski definition) is 5. The fraction of sp³-hybridized carbons (Fsp3) is 0.556. The van der Waals surface area contributed by atoms with Gasteiger partial charge in [-0.25, -0.2) is 0 Å². The molecule has 1 unspecified atom stereocenters. The monoisotopic (exact) mass is 333 g/mol. The van der Waals surface area contributed by atoms with E-state index in [4.69, 9.17) is 4.74 Å². The van der Waals surface area contributed by atoms with Gasteiger partial charge in [-0.15, -0.1) is 11.8 Å². The minimum atomic E-state index is -0.483. The maximum absolute atomic E-state index is 12.7. The molecule has 0 aromatic heterocycles. The zero-order valence-corrected chi connectivity index (χ0v) is 14.2. The molecule has 1 aromatic carbocycles. The Labute approximate surface area is 141 Å². The first-order chi connectivity index (χ1) is 11.2. The van der Waals surface area contributed by atoms with Crippen molar-refractivity contribution in [2.75, 3.05) is 12.5 Å². The Morgan fingerprint density at radius 2 is 2.09 bits per heavy atom. The lowest BCUT2D eigenvalue weighted by Crippen LogP contribution is -2.43. The van der Waals surface area contributed by atoms with Crippen molar-refractivity contribution in [3.05, 3.63) is 35.4 Å². The van der Waals surface area contributed by atoms with E-state index in [1.807, 2.05) is 0 Å². The highest BCUT2D eigenvalue weighted by atomic mass is 32.2. The van der Waals surface area contributed by atoms with Gasteiger partial charge in [0.15, 0.2) is 0 Å². The van der Waals surface area contributed by atoms with Gasteiger partial charge in [0.2, 0.25) is 0 Å². The minimum absolute atomic E-state index is 0.183. The molecule has 1 N–H and O–H groups in total. The van der Waals surface area contributed by atoms with Crippen molar-refractivity contribution in [3.8, 4) is 0 Å². The summed E-state index contributed by atoms with van der Waals surface area (Å²) in [6.07, 6.45) is 3.63. The molecule has 124 valence electrons. The summed E-state index contributed by atoms with van der Waals surface area (Å²) in [5.74, 6) is 0.904. The van der Waals surface area contributed by atoms with E-state index in [0.717, 1.165) is 19.3 Å². The molecular weight excluding hydrogens is 310 g/mol. The van der Waals surface area contributed by atoms with Crippen molar-refractivity contribution in [2.24, 2.45) is 5.92 Å². The molecule has 1 heterocycles. The first kappa shape index (κ1) is 16.5. The standard InChI is InChI=1S/C18H23NO3S/c1-2-22-18(21)16-17(23-11-19-16)15(20)10-12-7-8-13-5-3-4-6-14(13)9-12/h3-6,12,16-17,19H,2,7-11H2,1H3/t12-,16+,17?/m0/s1. The van der Waals surface area contributed by atoms with Crippen molar-refractivity contribution in [1.82, 2.24) is 5.32 Å². The highest BCUT2D eigenvalue weighted by molar-refractivity contribution is 8.00. The van der Waals surface area contributed by atoms with Crippen LogP contribution in [-0.4, -0.2) is 35.5 Å². The molecular formula is C18H23NO3S. The molecule has 23 heavy (non-hydrogen) atoms. The van der Waals surface area contributed by atoms with Crippen LogP contribution in [0, 0.1) is 5.92 Å². The number of ketones is 1. The maximum Gasteiger partial charge on any atom is 0.324 e. The molecule has 0 saturated carbocycles. The second kappa shape index (κ2) is 7.49. The quantitative estimate of drug-likeness (QED) is 0.838. The van der Waals surface area contributed by atoms with E-state index < -0.39 is 6.04 Å². The summed E-state index contributed by atoms with van der Waals surface area (Å²) in [6.45, 7) is 2.14. The average Bonchev–Trinajstić information content (AvgIpc) is 3.05. The van der Waals surface area contributed by atoms with Crippen molar-refractivity contribution >= 4 is 23.5 Å². The Morgan fingerprint density at radius 3 is 2.87 bits per heavy atom. The first-order valence-electron chi connectivity index (χ1n) is 8.30. The van der Waals surface area contributed by atoms with Gasteiger partial charge in [-0.1, -0.05) is 24.3 Å². The SMILES string of the molecule is CCOC(=O)[C@@H]1NCSC1C(=O)C[C@H]1CCc2ccccc2C1. The van der Waals surface area contributed by atoms with Crippen LogP contribution in [0.2, 0.25) is 0 Å². The zero-order valence-electron chi connectivity index (χ0n) is 13.4. The lowest BCUT2D eigenvalue weighted by molar-refractivity contribution is -0.146. The Bertz CT molecular complexity index is 589.